The monoisotopic (exact) mass is 430 g/mol. The molecule has 0 radical (unpaired) electrons. The summed E-state index contributed by atoms with van der Waals surface area (Å²) in [7, 11) is 1.73. The van der Waals surface area contributed by atoms with Gasteiger partial charge in [0.1, 0.15) is 5.84 Å². The molecule has 8 heteroatoms. The van der Waals surface area contributed by atoms with Crippen LogP contribution in [0.3, 0.4) is 0 Å². The Morgan fingerprint density at radius 3 is 2.67 bits per heavy atom. The summed E-state index contributed by atoms with van der Waals surface area (Å²) in [6, 6.07) is 8.25. The zero-order valence-electron chi connectivity index (χ0n) is 15.4. The summed E-state index contributed by atoms with van der Waals surface area (Å²) in [5.74, 6) is 1.88. The van der Waals surface area contributed by atoms with Gasteiger partial charge in [-0.05, 0) is 53.2 Å². The first kappa shape index (κ1) is 19.3. The van der Waals surface area contributed by atoms with E-state index in [1.54, 1.807) is 13.2 Å². The molecule has 142 valence electrons. The van der Waals surface area contributed by atoms with Crippen molar-refractivity contribution >= 4 is 44.9 Å². The molecule has 0 aliphatic carbocycles. The van der Waals surface area contributed by atoms with Crippen LogP contribution in [0.1, 0.15) is 6.92 Å². The number of nitrogens with zero attached hydrogens (tertiary/aromatic N) is 4. The topological polar surface area (TPSA) is 74.7 Å². The third-order valence-electron chi connectivity index (χ3n) is 4.06. The van der Waals surface area contributed by atoms with Gasteiger partial charge in [-0.3, -0.25) is 4.99 Å². The Kier molecular flexibility index (Phi) is 6.78. The largest absolute Gasteiger partial charge is 0.378 e. The molecule has 27 heavy (non-hydrogen) atoms. The first-order valence-electron chi connectivity index (χ1n) is 8.78. The highest BCUT2D eigenvalue weighted by Gasteiger charge is 2.11. The van der Waals surface area contributed by atoms with Gasteiger partial charge in [0.2, 0.25) is 5.95 Å². The fourth-order valence-electron chi connectivity index (χ4n) is 2.67. The van der Waals surface area contributed by atoms with Gasteiger partial charge in [0.15, 0.2) is 5.82 Å². The third kappa shape index (κ3) is 5.27. The van der Waals surface area contributed by atoms with Crippen LogP contribution < -0.4 is 15.5 Å². The summed E-state index contributed by atoms with van der Waals surface area (Å²) in [5, 5.41) is 6.42. The molecule has 2 N–H and O–H groups in total. The first-order valence-corrected chi connectivity index (χ1v) is 9.57. The van der Waals surface area contributed by atoms with Crippen LogP contribution in [0.15, 0.2) is 52.1 Å². The number of rotatable bonds is 5. The van der Waals surface area contributed by atoms with Crippen molar-refractivity contribution in [1.29, 1.82) is 0 Å². The van der Waals surface area contributed by atoms with Crippen molar-refractivity contribution in [2.45, 2.75) is 6.92 Å². The minimum atomic E-state index is 0.510. The molecule has 1 fully saturated rings. The summed E-state index contributed by atoms with van der Waals surface area (Å²) in [6.45, 7) is 5.34. The molecule has 0 unspecified atom stereocenters. The second-order valence-electron chi connectivity index (χ2n) is 5.90. The van der Waals surface area contributed by atoms with Crippen LogP contribution in [0.2, 0.25) is 0 Å². The van der Waals surface area contributed by atoms with Crippen molar-refractivity contribution in [3.63, 3.8) is 0 Å². The zero-order valence-corrected chi connectivity index (χ0v) is 17.0. The van der Waals surface area contributed by atoms with E-state index < -0.39 is 0 Å². The lowest BCUT2D eigenvalue weighted by molar-refractivity contribution is 0.122. The highest BCUT2D eigenvalue weighted by Crippen LogP contribution is 2.24. The predicted octanol–water partition coefficient (Wildman–Crippen LogP) is 3.84. The van der Waals surface area contributed by atoms with Crippen molar-refractivity contribution in [2.75, 3.05) is 48.9 Å². The minimum Gasteiger partial charge on any atom is -0.378 e. The summed E-state index contributed by atoms with van der Waals surface area (Å²) < 4.78 is 6.17. The lowest BCUT2D eigenvalue weighted by atomic mass is 10.2. The molecule has 0 amide bonds. The molecule has 2 heterocycles. The molecule has 7 nitrogen and oxygen atoms in total. The predicted molar refractivity (Wildman–Crippen MR) is 114 cm³/mol. The van der Waals surface area contributed by atoms with Crippen molar-refractivity contribution in [3.05, 3.63) is 47.1 Å². The number of hydrogen-bond donors (Lipinski definition) is 2. The van der Waals surface area contributed by atoms with Crippen LogP contribution in [0, 0.1) is 0 Å². The lowest BCUT2D eigenvalue weighted by Crippen LogP contribution is -2.36. The molecular weight excluding hydrogens is 408 g/mol. The number of benzene rings is 1. The fraction of sp³-hybridized carbons (Fsp3) is 0.316. The van der Waals surface area contributed by atoms with Gasteiger partial charge in [-0.2, -0.15) is 4.98 Å². The molecule has 1 aliphatic rings. The van der Waals surface area contributed by atoms with E-state index in [9.17, 15) is 0 Å². The van der Waals surface area contributed by atoms with E-state index in [2.05, 4.69) is 58.6 Å². The van der Waals surface area contributed by atoms with Gasteiger partial charge in [0, 0.05) is 37.7 Å². The number of hydrogen-bond acceptors (Lipinski definition) is 6. The van der Waals surface area contributed by atoms with Crippen LogP contribution in [0.5, 0.6) is 0 Å². The smallest absolute Gasteiger partial charge is 0.229 e. The van der Waals surface area contributed by atoms with E-state index in [0.717, 1.165) is 42.3 Å². The van der Waals surface area contributed by atoms with Crippen LogP contribution in [0.25, 0.3) is 0 Å². The molecule has 0 spiro atoms. The maximum atomic E-state index is 5.40. The van der Waals surface area contributed by atoms with Crippen LogP contribution in [-0.2, 0) is 4.74 Å². The molecule has 0 atom stereocenters. The standard InChI is InChI=1S/C19H23BrN6O/c1-3-4-17(21-2)24-18-16(20)13-22-19(25-18)23-14-5-7-15(8-6-14)26-9-11-27-12-10-26/h3-8,13H,9-12H2,1-2H3,(H2,21,22,23,24,25)/b4-3-. The maximum absolute atomic E-state index is 5.40. The number of amidine groups is 1. The van der Waals surface area contributed by atoms with E-state index in [4.69, 9.17) is 4.74 Å². The molecule has 1 aromatic carbocycles. The molecule has 1 aliphatic heterocycles. The second-order valence-corrected chi connectivity index (χ2v) is 6.75. The van der Waals surface area contributed by atoms with Gasteiger partial charge in [-0.25, -0.2) is 4.98 Å². The third-order valence-corrected chi connectivity index (χ3v) is 4.64. The maximum Gasteiger partial charge on any atom is 0.229 e. The quantitative estimate of drug-likeness (QED) is 0.554. The number of aliphatic imine (C=N–C) groups is 1. The number of halogens is 1. The molecule has 2 aromatic rings. The summed E-state index contributed by atoms with van der Waals surface area (Å²) in [5.41, 5.74) is 2.12. The normalized spacial score (nSPS) is 15.2. The highest BCUT2D eigenvalue weighted by atomic mass is 79.9. The van der Waals surface area contributed by atoms with Gasteiger partial charge >= 0.3 is 0 Å². The van der Waals surface area contributed by atoms with Gasteiger partial charge < -0.3 is 20.3 Å². The average Bonchev–Trinajstić information content (AvgIpc) is 2.71. The van der Waals surface area contributed by atoms with Crippen LogP contribution in [-0.4, -0.2) is 49.2 Å². The van der Waals surface area contributed by atoms with Gasteiger partial charge in [-0.1, -0.05) is 6.08 Å². The lowest BCUT2D eigenvalue weighted by Gasteiger charge is -2.28. The van der Waals surface area contributed by atoms with E-state index in [1.165, 1.54) is 5.69 Å². The van der Waals surface area contributed by atoms with E-state index >= 15 is 0 Å². The zero-order chi connectivity index (χ0) is 19.1. The average molecular weight is 431 g/mol. The molecule has 3 rings (SSSR count). The van der Waals surface area contributed by atoms with Crippen LogP contribution in [0.4, 0.5) is 23.1 Å². The highest BCUT2D eigenvalue weighted by molar-refractivity contribution is 9.10. The molecule has 0 bridgehead atoms. The number of morpholine rings is 1. The fourth-order valence-corrected chi connectivity index (χ4v) is 2.96. The number of aromatic nitrogens is 2. The summed E-state index contributed by atoms with van der Waals surface area (Å²) in [6.07, 6.45) is 5.51. The van der Waals surface area contributed by atoms with Crippen molar-refractivity contribution in [2.24, 2.45) is 4.99 Å². The molecular formula is C19H23BrN6O. The Bertz CT molecular complexity index is 815. The Morgan fingerprint density at radius 2 is 2.00 bits per heavy atom. The Hall–Kier alpha value is -2.45. The Balaban J connectivity index is 1.70. The van der Waals surface area contributed by atoms with E-state index in [-0.39, 0.29) is 0 Å². The molecule has 1 saturated heterocycles. The van der Waals surface area contributed by atoms with E-state index in [0.29, 0.717) is 11.8 Å². The SMILES string of the molecule is C/C=C\C(=N/C)Nc1nc(Nc2ccc(N3CCOCC3)cc2)ncc1Br. The number of nitrogens with one attached hydrogen (secondary N) is 2. The van der Waals surface area contributed by atoms with Crippen molar-refractivity contribution in [3.8, 4) is 0 Å². The van der Waals surface area contributed by atoms with Gasteiger partial charge in [-0.15, -0.1) is 0 Å². The summed E-state index contributed by atoms with van der Waals surface area (Å²) >= 11 is 3.47. The Labute approximate surface area is 167 Å². The number of anilines is 4. The minimum absolute atomic E-state index is 0.510. The second kappa shape index (κ2) is 9.48. The number of ether oxygens (including phenoxy) is 1. The van der Waals surface area contributed by atoms with Gasteiger partial charge in [0.05, 0.1) is 17.7 Å². The van der Waals surface area contributed by atoms with E-state index in [1.807, 2.05) is 31.2 Å². The van der Waals surface area contributed by atoms with Crippen molar-refractivity contribution in [1.82, 2.24) is 9.97 Å². The Morgan fingerprint density at radius 1 is 1.26 bits per heavy atom. The molecule has 1 aromatic heterocycles. The van der Waals surface area contributed by atoms with Gasteiger partial charge in [0.25, 0.3) is 0 Å². The summed E-state index contributed by atoms with van der Waals surface area (Å²) in [4.78, 5) is 15.4. The van der Waals surface area contributed by atoms with Crippen LogP contribution >= 0.6 is 15.9 Å². The molecule has 0 saturated carbocycles. The number of allylic oxidation sites excluding steroid dienone is 1. The first-order chi connectivity index (χ1) is 13.2. The van der Waals surface area contributed by atoms with Crippen molar-refractivity contribution < 1.29 is 4.74 Å².